The molecule has 0 saturated heterocycles. The summed E-state index contributed by atoms with van der Waals surface area (Å²) in [5.41, 5.74) is 0. The van der Waals surface area contributed by atoms with Gasteiger partial charge in [-0.25, -0.2) is 0 Å². The largest absolute Gasteiger partial charge is 0.383 e. The summed E-state index contributed by atoms with van der Waals surface area (Å²) in [6.07, 6.45) is 0.581. The highest BCUT2D eigenvalue weighted by Gasteiger charge is 2.06. The zero-order chi connectivity index (χ0) is 10.7. The topological polar surface area (TPSA) is 29.5 Å². The van der Waals surface area contributed by atoms with E-state index in [1.807, 2.05) is 27.7 Å². The standard InChI is InChI=1S/C8H17NO2.C2H6/c1-4-8(10)9(5-2)6-7-11-3;1-2/h4-7H2,1-3H3;1-2H3. The molecule has 0 bridgehead atoms. The number of ether oxygens (including phenoxy) is 1. The molecule has 0 radical (unpaired) electrons. The first-order valence-corrected chi connectivity index (χ1v) is 5.02. The zero-order valence-electron chi connectivity index (χ0n) is 9.59. The molecule has 0 unspecified atom stereocenters. The second kappa shape index (κ2) is 11.4. The van der Waals surface area contributed by atoms with Gasteiger partial charge in [0.1, 0.15) is 0 Å². The summed E-state index contributed by atoms with van der Waals surface area (Å²) in [4.78, 5) is 12.9. The van der Waals surface area contributed by atoms with E-state index in [0.29, 0.717) is 19.6 Å². The summed E-state index contributed by atoms with van der Waals surface area (Å²) < 4.78 is 4.87. The summed E-state index contributed by atoms with van der Waals surface area (Å²) in [5.74, 6) is 0.199. The Morgan fingerprint density at radius 1 is 1.31 bits per heavy atom. The molecule has 0 aliphatic heterocycles. The van der Waals surface area contributed by atoms with E-state index in [9.17, 15) is 4.79 Å². The van der Waals surface area contributed by atoms with E-state index >= 15 is 0 Å². The number of methoxy groups -OCH3 is 1. The molecule has 0 aliphatic rings. The molecule has 3 heteroatoms. The van der Waals surface area contributed by atoms with E-state index in [4.69, 9.17) is 4.74 Å². The molecule has 0 heterocycles. The van der Waals surface area contributed by atoms with E-state index < -0.39 is 0 Å². The number of hydrogen-bond acceptors (Lipinski definition) is 2. The summed E-state index contributed by atoms with van der Waals surface area (Å²) in [6, 6.07) is 0. The van der Waals surface area contributed by atoms with Crippen LogP contribution in [0.1, 0.15) is 34.1 Å². The number of carbonyl (C=O) groups excluding carboxylic acids is 1. The monoisotopic (exact) mass is 189 g/mol. The van der Waals surface area contributed by atoms with E-state index in [2.05, 4.69) is 0 Å². The highest BCUT2D eigenvalue weighted by Crippen LogP contribution is 1.92. The Bertz CT molecular complexity index is 115. The highest BCUT2D eigenvalue weighted by atomic mass is 16.5. The quantitative estimate of drug-likeness (QED) is 0.661. The molecule has 3 nitrogen and oxygen atoms in total. The molecule has 0 aromatic rings. The Kier molecular flexibility index (Phi) is 13.1. The lowest BCUT2D eigenvalue weighted by Gasteiger charge is -2.19. The first-order chi connectivity index (χ1) is 6.26. The molecular weight excluding hydrogens is 166 g/mol. The third-order valence-corrected chi connectivity index (χ3v) is 1.60. The molecule has 0 rings (SSSR count). The summed E-state index contributed by atoms with van der Waals surface area (Å²) >= 11 is 0. The minimum atomic E-state index is 0.199. The van der Waals surface area contributed by atoms with Gasteiger partial charge in [0.25, 0.3) is 0 Å². The van der Waals surface area contributed by atoms with Crippen LogP contribution < -0.4 is 0 Å². The van der Waals surface area contributed by atoms with Crippen LogP contribution in [0.2, 0.25) is 0 Å². The highest BCUT2D eigenvalue weighted by molar-refractivity contribution is 5.75. The second-order valence-corrected chi connectivity index (χ2v) is 2.32. The van der Waals surface area contributed by atoms with Gasteiger partial charge in [0.05, 0.1) is 6.61 Å². The van der Waals surface area contributed by atoms with Crippen LogP contribution in [0.4, 0.5) is 0 Å². The van der Waals surface area contributed by atoms with Crippen LogP contribution in [0.5, 0.6) is 0 Å². The Labute approximate surface area is 82.1 Å². The Morgan fingerprint density at radius 2 is 1.85 bits per heavy atom. The van der Waals surface area contributed by atoms with Crippen molar-refractivity contribution in [3.63, 3.8) is 0 Å². The van der Waals surface area contributed by atoms with Crippen molar-refractivity contribution in [1.82, 2.24) is 4.90 Å². The SMILES string of the molecule is CC.CCC(=O)N(CC)CCOC. The molecule has 0 atom stereocenters. The van der Waals surface area contributed by atoms with Crippen LogP contribution in [0.25, 0.3) is 0 Å². The van der Waals surface area contributed by atoms with Gasteiger partial charge in [0.15, 0.2) is 0 Å². The molecular formula is C10H23NO2. The molecule has 80 valence electrons. The molecule has 1 amide bonds. The smallest absolute Gasteiger partial charge is 0.222 e. The van der Waals surface area contributed by atoms with Crippen LogP contribution in [0.3, 0.4) is 0 Å². The van der Waals surface area contributed by atoms with E-state index in [1.54, 1.807) is 12.0 Å². The maximum atomic E-state index is 11.1. The summed E-state index contributed by atoms with van der Waals surface area (Å²) in [7, 11) is 1.64. The average Bonchev–Trinajstić information content (AvgIpc) is 2.21. The van der Waals surface area contributed by atoms with Crippen LogP contribution in [0.15, 0.2) is 0 Å². The van der Waals surface area contributed by atoms with Gasteiger partial charge in [-0.1, -0.05) is 20.8 Å². The maximum absolute atomic E-state index is 11.1. The van der Waals surface area contributed by atoms with Crippen molar-refractivity contribution in [3.05, 3.63) is 0 Å². The molecule has 0 aromatic heterocycles. The van der Waals surface area contributed by atoms with Crippen molar-refractivity contribution in [3.8, 4) is 0 Å². The van der Waals surface area contributed by atoms with Gasteiger partial charge in [0.2, 0.25) is 5.91 Å². The fourth-order valence-electron chi connectivity index (χ4n) is 0.884. The van der Waals surface area contributed by atoms with Crippen molar-refractivity contribution >= 4 is 5.91 Å². The van der Waals surface area contributed by atoms with Gasteiger partial charge in [-0.15, -0.1) is 0 Å². The van der Waals surface area contributed by atoms with Gasteiger partial charge < -0.3 is 9.64 Å². The predicted molar refractivity (Wildman–Crippen MR) is 55.8 cm³/mol. The fraction of sp³-hybridized carbons (Fsp3) is 0.900. The van der Waals surface area contributed by atoms with Crippen LogP contribution >= 0.6 is 0 Å². The van der Waals surface area contributed by atoms with Crippen molar-refractivity contribution in [1.29, 1.82) is 0 Å². The summed E-state index contributed by atoms with van der Waals surface area (Å²) in [5, 5.41) is 0. The van der Waals surface area contributed by atoms with Gasteiger partial charge in [-0.2, -0.15) is 0 Å². The van der Waals surface area contributed by atoms with E-state index in [1.165, 1.54) is 0 Å². The zero-order valence-corrected chi connectivity index (χ0v) is 9.59. The minimum Gasteiger partial charge on any atom is -0.383 e. The first-order valence-electron chi connectivity index (χ1n) is 5.02. The van der Waals surface area contributed by atoms with Crippen LogP contribution in [0, 0.1) is 0 Å². The molecule has 13 heavy (non-hydrogen) atoms. The maximum Gasteiger partial charge on any atom is 0.222 e. The Balaban J connectivity index is 0. The lowest BCUT2D eigenvalue weighted by molar-refractivity contribution is -0.131. The third kappa shape index (κ3) is 7.78. The van der Waals surface area contributed by atoms with Gasteiger partial charge in [-0.05, 0) is 6.92 Å². The first kappa shape index (κ1) is 14.9. The van der Waals surface area contributed by atoms with Crippen molar-refractivity contribution in [2.45, 2.75) is 34.1 Å². The summed E-state index contributed by atoms with van der Waals surface area (Å²) in [6.45, 7) is 9.95. The molecule has 0 saturated carbocycles. The molecule has 0 aliphatic carbocycles. The lowest BCUT2D eigenvalue weighted by Crippen LogP contribution is -2.32. The normalized spacial score (nSPS) is 8.69. The average molecular weight is 189 g/mol. The van der Waals surface area contributed by atoms with Gasteiger partial charge >= 0.3 is 0 Å². The van der Waals surface area contributed by atoms with E-state index in [0.717, 1.165) is 6.54 Å². The Hall–Kier alpha value is -0.570. The number of carbonyl (C=O) groups is 1. The second-order valence-electron chi connectivity index (χ2n) is 2.32. The molecule has 0 spiro atoms. The van der Waals surface area contributed by atoms with Crippen molar-refractivity contribution < 1.29 is 9.53 Å². The molecule has 0 fully saturated rings. The van der Waals surface area contributed by atoms with Gasteiger partial charge in [-0.3, -0.25) is 4.79 Å². The number of hydrogen-bond donors (Lipinski definition) is 0. The number of nitrogens with zero attached hydrogens (tertiary/aromatic N) is 1. The lowest BCUT2D eigenvalue weighted by atomic mass is 10.4. The number of likely N-dealkylation sites (N-methyl/N-ethyl adjacent to an activating group) is 1. The van der Waals surface area contributed by atoms with Crippen molar-refractivity contribution in [2.75, 3.05) is 26.8 Å². The van der Waals surface area contributed by atoms with Crippen molar-refractivity contribution in [2.24, 2.45) is 0 Å². The molecule has 0 aromatic carbocycles. The van der Waals surface area contributed by atoms with Crippen LogP contribution in [-0.4, -0.2) is 37.6 Å². The number of rotatable bonds is 5. The fourth-order valence-corrected chi connectivity index (χ4v) is 0.884. The Morgan fingerprint density at radius 3 is 2.15 bits per heavy atom. The third-order valence-electron chi connectivity index (χ3n) is 1.60. The van der Waals surface area contributed by atoms with Crippen LogP contribution in [-0.2, 0) is 9.53 Å². The molecule has 0 N–H and O–H groups in total. The minimum absolute atomic E-state index is 0.199. The predicted octanol–water partition coefficient (Wildman–Crippen LogP) is 1.92. The van der Waals surface area contributed by atoms with E-state index in [-0.39, 0.29) is 5.91 Å². The number of amides is 1. The van der Waals surface area contributed by atoms with Gasteiger partial charge in [0, 0.05) is 26.6 Å².